The number of primary amides is 1. The lowest BCUT2D eigenvalue weighted by Gasteiger charge is -1.97. The lowest BCUT2D eigenvalue weighted by atomic mass is 10.2. The molecule has 0 fully saturated rings. The van der Waals surface area contributed by atoms with Crippen LogP contribution in [0, 0.1) is 6.92 Å². The lowest BCUT2D eigenvalue weighted by Crippen LogP contribution is -2.13. The summed E-state index contributed by atoms with van der Waals surface area (Å²) in [6.07, 6.45) is 0. The Kier molecular flexibility index (Phi) is 5.42. The summed E-state index contributed by atoms with van der Waals surface area (Å²) in [6.45, 7) is 1.74. The summed E-state index contributed by atoms with van der Waals surface area (Å²) in [4.78, 5) is 28.5. The van der Waals surface area contributed by atoms with Crippen LogP contribution in [-0.4, -0.2) is 20.7 Å². The van der Waals surface area contributed by atoms with Crippen LogP contribution in [-0.2, 0) is 0 Å². The number of carbonyl (C=O) groups is 1. The van der Waals surface area contributed by atoms with Crippen molar-refractivity contribution in [2.24, 2.45) is 16.0 Å². The standard InChI is InChI=1S/C20H15BrN6O2S/c1-11-17(25-24-15-8-4-13(5-9-15)18(22)28)19(29)27(26-11)20-23-16(10-30-20)12-2-6-14(21)7-3-12/h2-10,26H,1H3,(H2,22,28). The number of hydrogen-bond acceptors (Lipinski definition) is 6. The number of thiazole rings is 1. The second kappa shape index (κ2) is 8.17. The molecule has 0 saturated carbocycles. The van der Waals surface area contributed by atoms with E-state index in [0.717, 1.165) is 15.7 Å². The Morgan fingerprint density at radius 3 is 2.50 bits per heavy atom. The Balaban J connectivity index is 1.62. The number of nitrogens with two attached hydrogens (primary N) is 1. The van der Waals surface area contributed by atoms with Crippen LogP contribution in [0.4, 0.5) is 11.4 Å². The fourth-order valence-electron chi connectivity index (χ4n) is 2.71. The zero-order valence-electron chi connectivity index (χ0n) is 15.7. The minimum Gasteiger partial charge on any atom is -0.366 e. The minimum atomic E-state index is -0.520. The van der Waals surface area contributed by atoms with Gasteiger partial charge in [-0.25, -0.2) is 4.98 Å². The first-order valence-electron chi connectivity index (χ1n) is 8.77. The Labute approximate surface area is 183 Å². The average molecular weight is 483 g/mol. The summed E-state index contributed by atoms with van der Waals surface area (Å²) in [5.74, 6) is -0.520. The highest BCUT2D eigenvalue weighted by molar-refractivity contribution is 9.10. The summed E-state index contributed by atoms with van der Waals surface area (Å²) < 4.78 is 2.34. The predicted molar refractivity (Wildman–Crippen MR) is 119 cm³/mol. The van der Waals surface area contributed by atoms with Gasteiger partial charge in [0, 0.05) is 21.0 Å². The molecule has 4 aromatic rings. The minimum absolute atomic E-state index is 0.189. The van der Waals surface area contributed by atoms with Gasteiger partial charge in [-0.3, -0.25) is 14.7 Å². The van der Waals surface area contributed by atoms with Gasteiger partial charge in [0.2, 0.25) is 11.0 Å². The van der Waals surface area contributed by atoms with Crippen molar-refractivity contribution in [2.75, 3.05) is 0 Å². The molecule has 1 amide bonds. The Bertz CT molecular complexity index is 1300. The lowest BCUT2D eigenvalue weighted by molar-refractivity contribution is 0.100. The molecule has 0 bridgehead atoms. The summed E-state index contributed by atoms with van der Waals surface area (Å²) in [7, 11) is 0. The third kappa shape index (κ3) is 4.00. The topological polar surface area (TPSA) is 118 Å². The van der Waals surface area contributed by atoms with Crippen molar-refractivity contribution in [1.82, 2.24) is 14.8 Å². The average Bonchev–Trinajstić information content (AvgIpc) is 3.32. The van der Waals surface area contributed by atoms with E-state index >= 15 is 0 Å². The predicted octanol–water partition coefficient (Wildman–Crippen LogP) is 4.87. The van der Waals surface area contributed by atoms with E-state index in [1.54, 1.807) is 31.2 Å². The van der Waals surface area contributed by atoms with Gasteiger partial charge in [-0.1, -0.05) is 28.1 Å². The SMILES string of the molecule is Cc1[nH]n(-c2nc(-c3ccc(Br)cc3)cs2)c(=O)c1N=Nc1ccc(C(N)=O)cc1. The summed E-state index contributed by atoms with van der Waals surface area (Å²) >= 11 is 4.76. The second-order valence-electron chi connectivity index (χ2n) is 6.36. The highest BCUT2D eigenvalue weighted by atomic mass is 79.9. The van der Waals surface area contributed by atoms with Crippen LogP contribution in [0.5, 0.6) is 0 Å². The highest BCUT2D eigenvalue weighted by Gasteiger charge is 2.15. The Hall–Kier alpha value is -3.37. The Morgan fingerprint density at radius 2 is 1.83 bits per heavy atom. The molecular formula is C20H15BrN6O2S. The number of aryl methyl sites for hydroxylation is 1. The van der Waals surface area contributed by atoms with E-state index in [2.05, 4.69) is 36.2 Å². The monoisotopic (exact) mass is 482 g/mol. The second-order valence-corrected chi connectivity index (χ2v) is 8.11. The molecule has 0 radical (unpaired) electrons. The molecule has 2 aromatic carbocycles. The fraction of sp³-hybridized carbons (Fsp3) is 0.0500. The zero-order chi connectivity index (χ0) is 21.3. The molecule has 4 rings (SSSR count). The largest absolute Gasteiger partial charge is 0.366 e. The van der Waals surface area contributed by atoms with Crippen molar-refractivity contribution in [1.29, 1.82) is 0 Å². The van der Waals surface area contributed by atoms with Crippen LogP contribution in [0.3, 0.4) is 0 Å². The van der Waals surface area contributed by atoms with Gasteiger partial charge in [-0.15, -0.1) is 16.5 Å². The number of halogens is 1. The van der Waals surface area contributed by atoms with Crippen molar-refractivity contribution in [3.8, 4) is 16.4 Å². The molecule has 0 unspecified atom stereocenters. The number of nitrogens with zero attached hydrogens (tertiary/aromatic N) is 4. The van der Waals surface area contributed by atoms with Crippen LogP contribution >= 0.6 is 27.3 Å². The normalized spacial score (nSPS) is 11.3. The number of aromatic nitrogens is 3. The molecule has 0 aliphatic rings. The van der Waals surface area contributed by atoms with Crippen molar-refractivity contribution in [3.05, 3.63) is 80.0 Å². The van der Waals surface area contributed by atoms with Crippen LogP contribution in [0.25, 0.3) is 16.4 Å². The number of nitrogens with one attached hydrogen (secondary N) is 1. The number of rotatable bonds is 5. The van der Waals surface area contributed by atoms with E-state index in [1.807, 2.05) is 29.6 Å². The van der Waals surface area contributed by atoms with E-state index in [-0.39, 0.29) is 11.2 Å². The van der Waals surface area contributed by atoms with Crippen molar-refractivity contribution in [2.45, 2.75) is 6.92 Å². The van der Waals surface area contributed by atoms with Crippen LogP contribution in [0.2, 0.25) is 0 Å². The molecule has 0 saturated heterocycles. The van der Waals surface area contributed by atoms with Crippen LogP contribution in [0.15, 0.2) is 73.4 Å². The van der Waals surface area contributed by atoms with E-state index in [4.69, 9.17) is 5.73 Å². The van der Waals surface area contributed by atoms with E-state index in [0.29, 0.717) is 22.1 Å². The molecule has 30 heavy (non-hydrogen) atoms. The third-order valence-electron chi connectivity index (χ3n) is 4.28. The quantitative estimate of drug-likeness (QED) is 0.394. The smallest absolute Gasteiger partial charge is 0.301 e. The van der Waals surface area contributed by atoms with Gasteiger partial charge < -0.3 is 5.73 Å². The number of H-pyrrole nitrogens is 1. The van der Waals surface area contributed by atoms with Crippen molar-refractivity contribution >= 4 is 44.5 Å². The first kappa shape index (κ1) is 19.9. The number of amides is 1. The summed E-state index contributed by atoms with van der Waals surface area (Å²) in [5.41, 5.74) is 8.24. The number of benzene rings is 2. The number of carbonyl (C=O) groups excluding carboxylic acids is 1. The fourth-order valence-corrected chi connectivity index (χ4v) is 3.77. The maximum Gasteiger partial charge on any atom is 0.301 e. The number of aromatic amines is 1. The molecule has 150 valence electrons. The van der Waals surface area contributed by atoms with Gasteiger partial charge in [0.25, 0.3) is 0 Å². The van der Waals surface area contributed by atoms with Gasteiger partial charge in [0.15, 0.2) is 5.69 Å². The molecule has 0 aliphatic heterocycles. The van der Waals surface area contributed by atoms with Crippen molar-refractivity contribution < 1.29 is 4.79 Å². The molecule has 8 nitrogen and oxygen atoms in total. The maximum atomic E-state index is 12.8. The molecule has 0 aliphatic carbocycles. The molecule has 2 heterocycles. The number of azo groups is 1. The molecule has 3 N–H and O–H groups in total. The molecule has 0 atom stereocenters. The highest BCUT2D eigenvalue weighted by Crippen LogP contribution is 2.26. The van der Waals surface area contributed by atoms with Gasteiger partial charge in [-0.2, -0.15) is 9.80 Å². The van der Waals surface area contributed by atoms with Crippen LogP contribution < -0.4 is 11.3 Å². The first-order chi connectivity index (χ1) is 14.4. The van der Waals surface area contributed by atoms with E-state index in [1.165, 1.54) is 16.0 Å². The maximum absolute atomic E-state index is 12.8. The van der Waals surface area contributed by atoms with Gasteiger partial charge in [0.05, 0.1) is 17.1 Å². The summed E-state index contributed by atoms with van der Waals surface area (Å²) in [6, 6.07) is 14.1. The van der Waals surface area contributed by atoms with E-state index in [9.17, 15) is 9.59 Å². The van der Waals surface area contributed by atoms with Crippen LogP contribution in [0.1, 0.15) is 16.1 Å². The Morgan fingerprint density at radius 1 is 1.13 bits per heavy atom. The van der Waals surface area contributed by atoms with E-state index < -0.39 is 5.91 Å². The summed E-state index contributed by atoms with van der Waals surface area (Å²) in [5, 5.41) is 13.6. The van der Waals surface area contributed by atoms with Gasteiger partial charge >= 0.3 is 5.56 Å². The van der Waals surface area contributed by atoms with Gasteiger partial charge in [0.1, 0.15) is 0 Å². The third-order valence-corrected chi connectivity index (χ3v) is 5.64. The molecule has 2 aromatic heterocycles. The molecule has 0 spiro atoms. The first-order valence-corrected chi connectivity index (χ1v) is 10.4. The molecule has 10 heteroatoms. The number of hydrogen-bond donors (Lipinski definition) is 2. The van der Waals surface area contributed by atoms with Crippen molar-refractivity contribution in [3.63, 3.8) is 0 Å². The van der Waals surface area contributed by atoms with Gasteiger partial charge in [-0.05, 0) is 43.3 Å². The zero-order valence-corrected chi connectivity index (χ0v) is 18.1. The molecular weight excluding hydrogens is 468 g/mol.